The third-order valence-corrected chi connectivity index (χ3v) is 3.94. The highest BCUT2D eigenvalue weighted by Crippen LogP contribution is 2.15. The monoisotopic (exact) mass is 346 g/mol. The van der Waals surface area contributed by atoms with Crippen molar-refractivity contribution in [3.8, 4) is 0 Å². The van der Waals surface area contributed by atoms with Crippen LogP contribution in [-0.2, 0) is 11.2 Å². The Kier molecular flexibility index (Phi) is 9.03. The van der Waals surface area contributed by atoms with E-state index in [4.69, 9.17) is 0 Å². The van der Waals surface area contributed by atoms with E-state index in [0.29, 0.717) is 19.0 Å². The minimum absolute atomic E-state index is 0.0103. The van der Waals surface area contributed by atoms with Crippen LogP contribution in [0.15, 0.2) is 29.3 Å². The molecule has 1 atom stereocenters. The lowest BCUT2D eigenvalue weighted by atomic mass is 10.00. The van der Waals surface area contributed by atoms with E-state index in [1.165, 1.54) is 11.1 Å². The van der Waals surface area contributed by atoms with E-state index in [-0.39, 0.29) is 17.9 Å². The fraction of sp³-hybridized carbons (Fsp3) is 0.600. The lowest BCUT2D eigenvalue weighted by Gasteiger charge is -2.19. The van der Waals surface area contributed by atoms with Crippen LogP contribution in [0.5, 0.6) is 0 Å². The van der Waals surface area contributed by atoms with Gasteiger partial charge in [0.15, 0.2) is 5.96 Å². The molecule has 0 spiro atoms. The van der Waals surface area contributed by atoms with Crippen LogP contribution in [0.25, 0.3) is 0 Å². The van der Waals surface area contributed by atoms with Crippen LogP contribution >= 0.6 is 0 Å². The summed E-state index contributed by atoms with van der Waals surface area (Å²) in [4.78, 5) is 15.8. The Bertz CT molecular complexity index is 549. The summed E-state index contributed by atoms with van der Waals surface area (Å²) >= 11 is 0. The van der Waals surface area contributed by atoms with Crippen LogP contribution in [0.4, 0.5) is 0 Å². The van der Waals surface area contributed by atoms with Crippen LogP contribution in [0, 0.1) is 11.8 Å². The molecule has 0 heterocycles. The predicted molar refractivity (Wildman–Crippen MR) is 106 cm³/mol. The van der Waals surface area contributed by atoms with Crippen molar-refractivity contribution in [2.24, 2.45) is 16.8 Å². The SMILES string of the molecule is CN=C(NCCNC(=O)C(C)C)NC(C)c1ccc(CC(C)C)cc1. The fourth-order valence-electron chi connectivity index (χ4n) is 2.47. The van der Waals surface area contributed by atoms with Gasteiger partial charge in [0.25, 0.3) is 0 Å². The average Bonchev–Trinajstić information content (AvgIpc) is 2.57. The van der Waals surface area contributed by atoms with Gasteiger partial charge in [0.1, 0.15) is 0 Å². The highest BCUT2D eigenvalue weighted by molar-refractivity contribution is 5.80. The number of hydrogen-bond donors (Lipinski definition) is 3. The van der Waals surface area contributed by atoms with E-state index in [1.54, 1.807) is 7.05 Å². The van der Waals surface area contributed by atoms with Gasteiger partial charge in [-0.05, 0) is 30.4 Å². The predicted octanol–water partition coefficient (Wildman–Crippen LogP) is 2.88. The minimum atomic E-state index is 0.0103. The van der Waals surface area contributed by atoms with E-state index in [2.05, 4.69) is 66.0 Å². The van der Waals surface area contributed by atoms with Crippen molar-refractivity contribution in [3.63, 3.8) is 0 Å². The molecule has 1 rings (SSSR count). The number of nitrogens with zero attached hydrogens (tertiary/aromatic N) is 1. The molecule has 140 valence electrons. The summed E-state index contributed by atoms with van der Waals surface area (Å²) in [5.74, 6) is 1.48. The molecule has 0 saturated heterocycles. The highest BCUT2D eigenvalue weighted by atomic mass is 16.1. The first-order chi connectivity index (χ1) is 11.8. The van der Waals surface area contributed by atoms with Crippen molar-refractivity contribution in [1.82, 2.24) is 16.0 Å². The standard InChI is InChI=1S/C20H34N4O/c1-14(2)13-17-7-9-18(10-8-17)16(5)24-20(21-6)23-12-11-22-19(25)15(3)4/h7-10,14-16H,11-13H2,1-6H3,(H,22,25)(H2,21,23,24). The van der Waals surface area contributed by atoms with Crippen molar-refractivity contribution in [3.05, 3.63) is 35.4 Å². The van der Waals surface area contributed by atoms with Crippen LogP contribution in [-0.4, -0.2) is 32.0 Å². The lowest BCUT2D eigenvalue weighted by Crippen LogP contribution is -2.42. The van der Waals surface area contributed by atoms with Gasteiger partial charge in [0.2, 0.25) is 5.91 Å². The number of carbonyl (C=O) groups excluding carboxylic acids is 1. The lowest BCUT2D eigenvalue weighted by molar-refractivity contribution is -0.123. The number of hydrogen-bond acceptors (Lipinski definition) is 2. The maximum atomic E-state index is 11.5. The van der Waals surface area contributed by atoms with E-state index < -0.39 is 0 Å². The van der Waals surface area contributed by atoms with Crippen molar-refractivity contribution in [2.45, 2.75) is 47.1 Å². The number of aliphatic imine (C=N–C) groups is 1. The Morgan fingerprint density at radius 1 is 1.00 bits per heavy atom. The minimum Gasteiger partial charge on any atom is -0.355 e. The molecule has 5 heteroatoms. The van der Waals surface area contributed by atoms with Gasteiger partial charge >= 0.3 is 0 Å². The largest absolute Gasteiger partial charge is 0.355 e. The first-order valence-electron chi connectivity index (χ1n) is 9.17. The number of carbonyl (C=O) groups is 1. The molecule has 25 heavy (non-hydrogen) atoms. The molecule has 1 amide bonds. The Morgan fingerprint density at radius 3 is 2.12 bits per heavy atom. The summed E-state index contributed by atoms with van der Waals surface area (Å²) in [6, 6.07) is 8.90. The van der Waals surface area contributed by atoms with Gasteiger partial charge in [-0.3, -0.25) is 9.79 Å². The molecule has 0 aliphatic heterocycles. The molecular formula is C20H34N4O. The van der Waals surface area contributed by atoms with E-state index >= 15 is 0 Å². The summed E-state index contributed by atoms with van der Waals surface area (Å²) in [6.45, 7) is 11.6. The van der Waals surface area contributed by atoms with E-state index in [0.717, 1.165) is 12.4 Å². The topological polar surface area (TPSA) is 65.5 Å². The van der Waals surface area contributed by atoms with Gasteiger partial charge < -0.3 is 16.0 Å². The van der Waals surface area contributed by atoms with E-state index in [9.17, 15) is 4.79 Å². The Morgan fingerprint density at radius 2 is 1.60 bits per heavy atom. The van der Waals surface area contributed by atoms with Crippen molar-refractivity contribution in [2.75, 3.05) is 20.1 Å². The number of nitrogens with one attached hydrogen (secondary N) is 3. The summed E-state index contributed by atoms with van der Waals surface area (Å²) in [5, 5.41) is 9.49. The fourth-order valence-corrected chi connectivity index (χ4v) is 2.47. The van der Waals surface area contributed by atoms with E-state index in [1.807, 2.05) is 13.8 Å². The Balaban J connectivity index is 2.45. The smallest absolute Gasteiger partial charge is 0.222 e. The van der Waals surface area contributed by atoms with Crippen LogP contribution in [0.2, 0.25) is 0 Å². The van der Waals surface area contributed by atoms with Gasteiger partial charge in [0.05, 0.1) is 6.04 Å². The molecule has 0 bridgehead atoms. The average molecular weight is 347 g/mol. The number of amides is 1. The van der Waals surface area contributed by atoms with Crippen molar-refractivity contribution in [1.29, 1.82) is 0 Å². The summed E-state index contributed by atoms with van der Waals surface area (Å²) < 4.78 is 0. The van der Waals surface area contributed by atoms with Crippen LogP contribution in [0.3, 0.4) is 0 Å². The van der Waals surface area contributed by atoms with Crippen LogP contribution in [0.1, 0.15) is 51.8 Å². The van der Waals surface area contributed by atoms with Gasteiger partial charge in [0, 0.05) is 26.1 Å². The molecular weight excluding hydrogens is 312 g/mol. The first kappa shape index (κ1) is 21.0. The molecule has 5 nitrogen and oxygen atoms in total. The third kappa shape index (κ3) is 8.05. The maximum Gasteiger partial charge on any atom is 0.222 e. The number of benzene rings is 1. The third-order valence-electron chi connectivity index (χ3n) is 3.94. The molecule has 0 radical (unpaired) electrons. The van der Waals surface area contributed by atoms with Gasteiger partial charge in [-0.15, -0.1) is 0 Å². The second kappa shape index (κ2) is 10.7. The molecule has 0 aliphatic rings. The zero-order valence-electron chi connectivity index (χ0n) is 16.5. The maximum absolute atomic E-state index is 11.5. The second-order valence-corrected chi connectivity index (χ2v) is 7.15. The number of rotatable bonds is 8. The molecule has 3 N–H and O–H groups in total. The molecule has 0 fully saturated rings. The summed E-state index contributed by atoms with van der Waals surface area (Å²) in [6.07, 6.45) is 1.10. The van der Waals surface area contributed by atoms with Crippen molar-refractivity contribution < 1.29 is 4.79 Å². The highest BCUT2D eigenvalue weighted by Gasteiger charge is 2.09. The Hall–Kier alpha value is -2.04. The Labute approximate surface area is 152 Å². The quantitative estimate of drug-likeness (QED) is 0.385. The van der Waals surface area contributed by atoms with Gasteiger partial charge in [-0.2, -0.15) is 0 Å². The van der Waals surface area contributed by atoms with Gasteiger partial charge in [-0.25, -0.2) is 0 Å². The molecule has 0 aromatic heterocycles. The molecule has 1 aromatic carbocycles. The first-order valence-corrected chi connectivity index (χ1v) is 9.17. The normalized spacial score (nSPS) is 13.0. The van der Waals surface area contributed by atoms with Crippen molar-refractivity contribution >= 4 is 11.9 Å². The summed E-state index contributed by atoms with van der Waals surface area (Å²) in [7, 11) is 1.75. The molecule has 1 aromatic rings. The van der Waals surface area contributed by atoms with Crippen LogP contribution < -0.4 is 16.0 Å². The summed E-state index contributed by atoms with van der Waals surface area (Å²) in [5.41, 5.74) is 2.60. The van der Waals surface area contributed by atoms with Gasteiger partial charge in [-0.1, -0.05) is 52.0 Å². The zero-order valence-corrected chi connectivity index (χ0v) is 16.5. The molecule has 0 aliphatic carbocycles. The molecule has 1 unspecified atom stereocenters. The zero-order chi connectivity index (χ0) is 18.8. The molecule has 0 saturated carbocycles. The number of guanidine groups is 1. The second-order valence-electron chi connectivity index (χ2n) is 7.15.